The van der Waals surface area contributed by atoms with Gasteiger partial charge < -0.3 is 9.84 Å². The molecule has 0 heterocycles. The van der Waals surface area contributed by atoms with Gasteiger partial charge in [0.05, 0.1) is 19.4 Å². The molecule has 0 aromatic carbocycles. The highest BCUT2D eigenvalue weighted by Crippen LogP contribution is 1.91. The lowest BCUT2D eigenvalue weighted by atomic mass is 10.3. The predicted octanol–water partition coefficient (Wildman–Crippen LogP) is 0.414. The average molecular weight is 150 g/mol. The third-order valence-electron chi connectivity index (χ3n) is 0.547. The van der Waals surface area contributed by atoms with Crippen molar-refractivity contribution in [2.45, 2.75) is 19.7 Å². The van der Waals surface area contributed by atoms with E-state index in [4.69, 9.17) is 10.6 Å². The first-order valence-electron chi connectivity index (χ1n) is 4.58. The lowest BCUT2D eigenvalue weighted by Gasteiger charge is -1.97. The van der Waals surface area contributed by atoms with Gasteiger partial charge in [0.1, 0.15) is 0 Å². The summed E-state index contributed by atoms with van der Waals surface area (Å²) in [6.07, 6.45) is -6.51. The Hall–Kier alpha value is -1.06. The normalized spacial score (nSPS) is 17.7. The van der Waals surface area contributed by atoms with E-state index in [1.165, 1.54) is 6.92 Å². The van der Waals surface area contributed by atoms with E-state index in [1.54, 1.807) is 0 Å². The molecule has 0 fully saturated rings. The molecular formula is C6H10O4. The second-order valence-electron chi connectivity index (χ2n) is 1.28. The number of ether oxygens (including phenoxy) is 1. The van der Waals surface area contributed by atoms with Crippen LogP contribution in [0.4, 0.5) is 0 Å². The molecule has 0 aliphatic heterocycles. The summed E-state index contributed by atoms with van der Waals surface area (Å²) in [5, 5.41) is 8.37. The molecule has 0 saturated heterocycles. The van der Waals surface area contributed by atoms with Gasteiger partial charge in [0.2, 0.25) is 0 Å². The third kappa shape index (κ3) is 5.08. The zero-order valence-electron chi connectivity index (χ0n) is 9.38. The van der Waals surface area contributed by atoms with Gasteiger partial charge >= 0.3 is 11.9 Å². The van der Waals surface area contributed by atoms with Gasteiger partial charge in [-0.3, -0.25) is 9.59 Å². The molecule has 0 spiro atoms. The molecule has 0 unspecified atom stereocenters. The number of carbonyl (C=O) groups is 2. The first-order chi connectivity index (χ1) is 6.17. The number of aliphatic carboxylic acids is 1. The molecule has 1 N–H and O–H groups in total. The molecule has 0 bridgehead atoms. The largest absolute Gasteiger partial charge is 0.481 e. The SMILES string of the molecule is [2H]C([2H])(C(=O)O)C([2H])([2H])C(=O)OCC. The van der Waals surface area contributed by atoms with Gasteiger partial charge in [-0.15, -0.1) is 0 Å². The minimum Gasteiger partial charge on any atom is -0.481 e. The van der Waals surface area contributed by atoms with Crippen LogP contribution in [0.25, 0.3) is 0 Å². The second kappa shape index (κ2) is 4.78. The number of esters is 1. The zero-order chi connectivity index (χ0) is 11.6. The first-order valence-corrected chi connectivity index (χ1v) is 2.58. The van der Waals surface area contributed by atoms with Crippen LogP contribution in [0.15, 0.2) is 0 Å². The fourth-order valence-corrected chi connectivity index (χ4v) is 0.272. The summed E-state index contributed by atoms with van der Waals surface area (Å²) in [5.41, 5.74) is 0. The van der Waals surface area contributed by atoms with Crippen LogP contribution in [-0.2, 0) is 14.3 Å². The monoisotopic (exact) mass is 150 g/mol. The Morgan fingerprint density at radius 2 is 2.20 bits per heavy atom. The molecule has 0 aliphatic rings. The Kier molecular flexibility index (Phi) is 1.89. The molecule has 0 rings (SSSR count). The quantitative estimate of drug-likeness (QED) is 0.590. The number of carboxylic acids is 1. The van der Waals surface area contributed by atoms with Gasteiger partial charge in [0.25, 0.3) is 0 Å². The standard InChI is InChI=1S/C6H10O4/c1-2-10-6(9)4-3-5(7)8/h2-4H2,1H3,(H,7,8)/i3D2,4D2. The zero-order valence-corrected chi connectivity index (χ0v) is 5.38. The lowest BCUT2D eigenvalue weighted by Crippen LogP contribution is -2.06. The van der Waals surface area contributed by atoms with Crippen LogP contribution in [0.3, 0.4) is 0 Å². The van der Waals surface area contributed by atoms with E-state index in [-0.39, 0.29) is 6.61 Å². The minimum atomic E-state index is -3.31. The second-order valence-corrected chi connectivity index (χ2v) is 1.28. The number of hydrogen-bond donors (Lipinski definition) is 1. The van der Waals surface area contributed by atoms with Crippen molar-refractivity contribution < 1.29 is 24.9 Å². The van der Waals surface area contributed by atoms with E-state index >= 15 is 0 Å². The van der Waals surface area contributed by atoms with E-state index in [2.05, 4.69) is 4.74 Å². The summed E-state index contributed by atoms with van der Waals surface area (Å²) < 4.78 is 32.0. The Bertz CT molecular complexity index is 250. The molecule has 0 amide bonds. The summed E-state index contributed by atoms with van der Waals surface area (Å²) >= 11 is 0. The first kappa shape index (κ1) is 3.95. The Morgan fingerprint density at radius 1 is 1.60 bits per heavy atom. The van der Waals surface area contributed by atoms with Gasteiger partial charge in [-0.1, -0.05) is 0 Å². The molecule has 0 aromatic heterocycles. The highest BCUT2D eigenvalue weighted by Gasteiger charge is 2.04. The number of carbonyl (C=O) groups excluding carboxylic acids is 1. The van der Waals surface area contributed by atoms with E-state index in [9.17, 15) is 9.59 Å². The fourth-order valence-electron chi connectivity index (χ4n) is 0.272. The molecule has 0 saturated carbocycles. The van der Waals surface area contributed by atoms with Crippen LogP contribution in [0.5, 0.6) is 0 Å². The van der Waals surface area contributed by atoms with Gasteiger partial charge in [0.15, 0.2) is 0 Å². The molecule has 0 atom stereocenters. The molecular weight excluding hydrogens is 136 g/mol. The molecule has 4 nitrogen and oxygen atoms in total. The summed E-state index contributed by atoms with van der Waals surface area (Å²) in [7, 11) is 0. The number of hydrogen-bond acceptors (Lipinski definition) is 3. The van der Waals surface area contributed by atoms with Crippen molar-refractivity contribution in [2.24, 2.45) is 0 Å². The number of carboxylic acid groups (broad SMARTS) is 1. The maximum absolute atomic E-state index is 10.9. The lowest BCUT2D eigenvalue weighted by molar-refractivity contribution is -0.147. The van der Waals surface area contributed by atoms with E-state index in [0.717, 1.165) is 0 Å². The predicted molar refractivity (Wildman–Crippen MR) is 33.5 cm³/mol. The summed E-state index contributed by atoms with van der Waals surface area (Å²) in [6.45, 7) is 1.26. The van der Waals surface area contributed by atoms with Crippen molar-refractivity contribution in [3.8, 4) is 0 Å². The highest BCUT2D eigenvalue weighted by atomic mass is 16.5. The van der Waals surface area contributed by atoms with Gasteiger partial charge in [-0.25, -0.2) is 0 Å². The Balaban J connectivity index is 4.94. The summed E-state index contributed by atoms with van der Waals surface area (Å²) in [5.74, 6) is -3.57. The van der Waals surface area contributed by atoms with Crippen molar-refractivity contribution >= 4 is 11.9 Å². The number of rotatable bonds is 4. The van der Waals surface area contributed by atoms with Crippen LogP contribution >= 0.6 is 0 Å². The van der Waals surface area contributed by atoms with Crippen LogP contribution in [0.1, 0.15) is 25.2 Å². The molecule has 0 aromatic rings. The molecule has 4 heteroatoms. The maximum Gasteiger partial charge on any atom is 0.306 e. The molecule has 58 valence electrons. The Labute approximate surface area is 64.4 Å². The van der Waals surface area contributed by atoms with Crippen molar-refractivity contribution in [2.75, 3.05) is 6.61 Å². The van der Waals surface area contributed by atoms with Crippen molar-refractivity contribution in [3.05, 3.63) is 0 Å². The van der Waals surface area contributed by atoms with E-state index < -0.39 is 24.7 Å². The van der Waals surface area contributed by atoms with Crippen LogP contribution in [-0.4, -0.2) is 23.7 Å². The highest BCUT2D eigenvalue weighted by molar-refractivity contribution is 5.76. The molecule has 10 heavy (non-hydrogen) atoms. The van der Waals surface area contributed by atoms with Gasteiger partial charge in [-0.05, 0) is 6.92 Å². The van der Waals surface area contributed by atoms with Crippen molar-refractivity contribution in [1.82, 2.24) is 0 Å². The molecule has 0 aliphatic carbocycles. The summed E-state index contributed by atoms with van der Waals surface area (Å²) in [6, 6.07) is 0. The maximum atomic E-state index is 10.9. The van der Waals surface area contributed by atoms with Gasteiger partial charge in [-0.2, -0.15) is 0 Å². The van der Waals surface area contributed by atoms with E-state index in [1.807, 2.05) is 0 Å². The van der Waals surface area contributed by atoms with Crippen LogP contribution < -0.4 is 0 Å². The van der Waals surface area contributed by atoms with Crippen LogP contribution in [0.2, 0.25) is 0 Å². The topological polar surface area (TPSA) is 63.6 Å². The fraction of sp³-hybridized carbons (Fsp3) is 0.667. The Morgan fingerprint density at radius 3 is 2.60 bits per heavy atom. The summed E-state index contributed by atoms with van der Waals surface area (Å²) in [4.78, 5) is 21.3. The molecule has 0 radical (unpaired) electrons. The van der Waals surface area contributed by atoms with Gasteiger partial charge in [0, 0.05) is 5.48 Å². The van der Waals surface area contributed by atoms with E-state index in [0.29, 0.717) is 0 Å². The van der Waals surface area contributed by atoms with Crippen molar-refractivity contribution in [1.29, 1.82) is 0 Å². The minimum absolute atomic E-state index is 0.145. The average Bonchev–Trinajstić information content (AvgIpc) is 2.04. The van der Waals surface area contributed by atoms with Crippen molar-refractivity contribution in [3.63, 3.8) is 0 Å². The third-order valence-corrected chi connectivity index (χ3v) is 0.547. The van der Waals surface area contributed by atoms with Crippen LogP contribution in [0, 0.1) is 0 Å². The smallest absolute Gasteiger partial charge is 0.306 e.